The number of anilines is 1. The van der Waals surface area contributed by atoms with E-state index in [1.54, 1.807) is 16.7 Å². The molecule has 0 aliphatic carbocycles. The van der Waals surface area contributed by atoms with E-state index in [9.17, 15) is 14.0 Å². The largest absolute Gasteiger partial charge is 0.353 e. The van der Waals surface area contributed by atoms with Gasteiger partial charge in [0.05, 0.1) is 17.0 Å². The highest BCUT2D eigenvalue weighted by Crippen LogP contribution is 2.20. The van der Waals surface area contributed by atoms with Crippen LogP contribution in [0, 0.1) is 18.7 Å². The number of amides is 1. The molecule has 3 rings (SSSR count). The van der Waals surface area contributed by atoms with Crippen molar-refractivity contribution in [2.45, 2.75) is 38.9 Å². The highest BCUT2D eigenvalue weighted by atomic mass is 32.2. The fourth-order valence-corrected chi connectivity index (χ4v) is 3.61. The number of halogens is 1. The van der Waals surface area contributed by atoms with Crippen molar-refractivity contribution in [2.24, 2.45) is 5.92 Å². The fraction of sp³-hybridized carbons (Fsp3) is 0.350. The molecular weight excluding hydrogens is 379 g/mol. The summed E-state index contributed by atoms with van der Waals surface area (Å²) in [4.78, 5) is 32.8. The first-order valence-corrected chi connectivity index (χ1v) is 10.1. The lowest BCUT2D eigenvalue weighted by Gasteiger charge is -2.13. The van der Waals surface area contributed by atoms with Crippen LogP contribution in [0.1, 0.15) is 26.0 Å². The number of carbonyl (C=O) groups is 1. The molecule has 0 aliphatic rings. The van der Waals surface area contributed by atoms with Gasteiger partial charge >= 0.3 is 0 Å². The highest BCUT2D eigenvalue weighted by Gasteiger charge is 2.15. The number of hydrogen-bond acceptors (Lipinski definition) is 4. The maximum Gasteiger partial charge on any atom is 0.278 e. The normalized spacial score (nSPS) is 11.3. The fourth-order valence-electron chi connectivity index (χ4n) is 2.78. The zero-order valence-electron chi connectivity index (χ0n) is 16.1. The monoisotopic (exact) mass is 402 g/mol. The van der Waals surface area contributed by atoms with E-state index in [0.29, 0.717) is 28.7 Å². The Morgan fingerprint density at radius 3 is 2.82 bits per heavy atom. The number of fused-ring (bicyclic) bond motifs is 1. The third-order valence-corrected chi connectivity index (χ3v) is 5.22. The maximum absolute atomic E-state index is 13.7. The molecule has 0 unspecified atom stereocenters. The second-order valence-corrected chi connectivity index (χ2v) is 8.01. The van der Waals surface area contributed by atoms with Gasteiger partial charge < -0.3 is 10.3 Å². The number of para-hydroxylation sites is 1. The van der Waals surface area contributed by atoms with Gasteiger partial charge in [0.25, 0.3) is 5.56 Å². The van der Waals surface area contributed by atoms with Gasteiger partial charge in [0.1, 0.15) is 11.3 Å². The molecule has 8 heteroatoms. The first-order chi connectivity index (χ1) is 13.3. The van der Waals surface area contributed by atoms with Crippen LogP contribution in [0.25, 0.3) is 11.0 Å². The van der Waals surface area contributed by atoms with Crippen LogP contribution in [0.2, 0.25) is 0 Å². The van der Waals surface area contributed by atoms with Crippen molar-refractivity contribution in [1.29, 1.82) is 0 Å². The van der Waals surface area contributed by atoms with Gasteiger partial charge in [0.2, 0.25) is 5.91 Å². The molecule has 2 aromatic heterocycles. The van der Waals surface area contributed by atoms with Gasteiger partial charge in [0, 0.05) is 12.2 Å². The molecular formula is C20H23FN4O2S. The van der Waals surface area contributed by atoms with Crippen LogP contribution >= 0.6 is 11.8 Å². The Hall–Kier alpha value is -2.61. The Morgan fingerprint density at radius 2 is 2.11 bits per heavy atom. The number of aryl methyl sites for hydroxylation is 1. The zero-order valence-corrected chi connectivity index (χ0v) is 16.9. The second-order valence-electron chi connectivity index (χ2n) is 7.06. The predicted octanol–water partition coefficient (Wildman–Crippen LogP) is 3.95. The van der Waals surface area contributed by atoms with Crippen molar-refractivity contribution < 1.29 is 9.18 Å². The summed E-state index contributed by atoms with van der Waals surface area (Å²) >= 11 is 1.17. The molecule has 2 N–H and O–H groups in total. The van der Waals surface area contributed by atoms with E-state index in [1.165, 1.54) is 23.9 Å². The lowest BCUT2D eigenvalue weighted by molar-refractivity contribution is -0.113. The van der Waals surface area contributed by atoms with Crippen LogP contribution in [0.15, 0.2) is 40.3 Å². The summed E-state index contributed by atoms with van der Waals surface area (Å²) in [6.07, 6.45) is 0.821. The summed E-state index contributed by atoms with van der Waals surface area (Å²) in [5, 5.41) is 3.04. The van der Waals surface area contributed by atoms with Gasteiger partial charge in [-0.15, -0.1) is 0 Å². The summed E-state index contributed by atoms with van der Waals surface area (Å²) in [6.45, 7) is 6.57. The topological polar surface area (TPSA) is 79.8 Å². The van der Waals surface area contributed by atoms with E-state index in [-0.39, 0.29) is 22.9 Å². The molecule has 3 aromatic rings. The SMILES string of the molecule is Cc1cc2nc(SCC(=O)Nc3ccccc3F)n(CCC(C)C)c(=O)c2[nH]1. The Kier molecular flexibility index (Phi) is 6.18. The van der Waals surface area contributed by atoms with Crippen LogP contribution in [-0.4, -0.2) is 26.2 Å². The number of nitrogens with zero attached hydrogens (tertiary/aromatic N) is 2. The number of H-pyrrole nitrogens is 1. The zero-order chi connectivity index (χ0) is 20.3. The van der Waals surface area contributed by atoms with E-state index < -0.39 is 5.82 Å². The Labute approximate surface area is 166 Å². The number of thioether (sulfide) groups is 1. The van der Waals surface area contributed by atoms with Crippen molar-refractivity contribution in [3.63, 3.8) is 0 Å². The number of carbonyl (C=O) groups excluding carboxylic acids is 1. The molecule has 0 radical (unpaired) electrons. The first-order valence-electron chi connectivity index (χ1n) is 9.12. The number of hydrogen-bond donors (Lipinski definition) is 2. The molecule has 28 heavy (non-hydrogen) atoms. The molecule has 1 amide bonds. The van der Waals surface area contributed by atoms with E-state index in [1.807, 2.05) is 13.0 Å². The summed E-state index contributed by atoms with van der Waals surface area (Å²) in [7, 11) is 0. The maximum atomic E-state index is 13.7. The standard InChI is InChI=1S/C20H23FN4O2S/c1-12(2)8-9-25-19(27)18-16(10-13(3)22-18)24-20(25)28-11-17(26)23-15-7-5-4-6-14(15)21/h4-7,10,12,22H,8-9,11H2,1-3H3,(H,23,26). The number of rotatable bonds is 7. The molecule has 0 atom stereocenters. The average molecular weight is 402 g/mol. The molecule has 0 fully saturated rings. The number of nitrogens with one attached hydrogen (secondary N) is 2. The lowest BCUT2D eigenvalue weighted by atomic mass is 10.1. The first kappa shape index (κ1) is 20.1. The van der Waals surface area contributed by atoms with Crippen molar-refractivity contribution >= 4 is 34.4 Å². The van der Waals surface area contributed by atoms with Crippen LogP contribution in [0.4, 0.5) is 10.1 Å². The van der Waals surface area contributed by atoms with E-state index in [4.69, 9.17) is 0 Å². The van der Waals surface area contributed by atoms with Crippen LogP contribution < -0.4 is 10.9 Å². The van der Waals surface area contributed by atoms with Crippen molar-refractivity contribution in [2.75, 3.05) is 11.1 Å². The summed E-state index contributed by atoms with van der Waals surface area (Å²) < 4.78 is 15.3. The minimum Gasteiger partial charge on any atom is -0.353 e. The average Bonchev–Trinajstić information content (AvgIpc) is 3.02. The van der Waals surface area contributed by atoms with Crippen molar-refractivity contribution in [3.05, 3.63) is 52.2 Å². The summed E-state index contributed by atoms with van der Waals surface area (Å²) in [5.41, 5.74) is 1.90. The predicted molar refractivity (Wildman–Crippen MR) is 110 cm³/mol. The third-order valence-electron chi connectivity index (χ3n) is 4.25. The smallest absolute Gasteiger partial charge is 0.278 e. The van der Waals surface area contributed by atoms with Gasteiger partial charge in [0.15, 0.2) is 5.16 Å². The van der Waals surface area contributed by atoms with Crippen molar-refractivity contribution in [1.82, 2.24) is 14.5 Å². The van der Waals surface area contributed by atoms with Gasteiger partial charge in [-0.3, -0.25) is 14.2 Å². The molecule has 0 aliphatic heterocycles. The molecule has 0 spiro atoms. The number of aromatic amines is 1. The van der Waals surface area contributed by atoms with E-state index in [0.717, 1.165) is 12.1 Å². The lowest BCUT2D eigenvalue weighted by Crippen LogP contribution is -2.25. The number of aromatic nitrogens is 3. The van der Waals surface area contributed by atoms with Crippen molar-refractivity contribution in [3.8, 4) is 0 Å². The van der Waals surface area contributed by atoms with Gasteiger partial charge in [-0.05, 0) is 37.5 Å². The van der Waals surface area contributed by atoms with Gasteiger partial charge in [-0.1, -0.05) is 37.7 Å². The Balaban J connectivity index is 1.82. The molecule has 2 heterocycles. The third kappa shape index (κ3) is 4.62. The van der Waals surface area contributed by atoms with Crippen LogP contribution in [-0.2, 0) is 11.3 Å². The molecule has 0 saturated heterocycles. The summed E-state index contributed by atoms with van der Waals surface area (Å²) in [6, 6.07) is 7.82. The molecule has 1 aromatic carbocycles. The van der Waals surface area contributed by atoms with Crippen LogP contribution in [0.5, 0.6) is 0 Å². The van der Waals surface area contributed by atoms with Gasteiger partial charge in [-0.2, -0.15) is 0 Å². The molecule has 0 saturated carbocycles. The minimum atomic E-state index is -0.489. The van der Waals surface area contributed by atoms with E-state index >= 15 is 0 Å². The Morgan fingerprint density at radius 1 is 1.36 bits per heavy atom. The minimum absolute atomic E-state index is 0.0252. The van der Waals surface area contributed by atoms with E-state index in [2.05, 4.69) is 29.1 Å². The molecule has 148 valence electrons. The molecule has 6 nitrogen and oxygen atoms in total. The highest BCUT2D eigenvalue weighted by molar-refractivity contribution is 7.99. The summed E-state index contributed by atoms with van der Waals surface area (Å²) in [5.74, 6) is -0.394. The number of benzene rings is 1. The molecule has 0 bridgehead atoms. The van der Waals surface area contributed by atoms with Gasteiger partial charge in [-0.25, -0.2) is 9.37 Å². The Bertz CT molecular complexity index is 1060. The van der Waals surface area contributed by atoms with Crippen LogP contribution in [0.3, 0.4) is 0 Å². The quantitative estimate of drug-likeness (QED) is 0.463. The second kappa shape index (κ2) is 8.60.